The molecular formula is C15H17FO. The van der Waals surface area contributed by atoms with Crippen molar-refractivity contribution in [2.24, 2.45) is 0 Å². The second kappa shape index (κ2) is 5.26. The van der Waals surface area contributed by atoms with Crippen LogP contribution in [0, 0.1) is 12.7 Å². The first-order valence-electron chi connectivity index (χ1n) is 6.12. The lowest BCUT2D eigenvalue weighted by Crippen LogP contribution is -1.96. The summed E-state index contributed by atoms with van der Waals surface area (Å²) in [6.07, 6.45) is 6.12. The number of carbonyl (C=O) groups excluding carboxylic acids is 1. The number of carbonyl (C=O) groups is 1. The lowest BCUT2D eigenvalue weighted by atomic mass is 9.97. The average molecular weight is 232 g/mol. The van der Waals surface area contributed by atoms with E-state index >= 15 is 0 Å². The maximum absolute atomic E-state index is 13.2. The van der Waals surface area contributed by atoms with Crippen LogP contribution in [-0.2, 0) is 11.2 Å². The first-order chi connectivity index (χ1) is 8.15. The number of rotatable bonds is 2. The van der Waals surface area contributed by atoms with Crippen LogP contribution < -0.4 is 0 Å². The van der Waals surface area contributed by atoms with Gasteiger partial charge in [0.15, 0.2) is 5.78 Å². The summed E-state index contributed by atoms with van der Waals surface area (Å²) in [6, 6.07) is 4.85. The molecule has 0 saturated carbocycles. The molecular weight excluding hydrogens is 215 g/mol. The molecule has 0 bridgehead atoms. The Morgan fingerprint density at radius 1 is 1.24 bits per heavy atom. The van der Waals surface area contributed by atoms with Crippen LogP contribution >= 0.6 is 0 Å². The van der Waals surface area contributed by atoms with Gasteiger partial charge >= 0.3 is 0 Å². The van der Waals surface area contributed by atoms with E-state index in [9.17, 15) is 9.18 Å². The predicted octanol–water partition coefficient (Wildman–Crippen LogP) is 3.75. The summed E-state index contributed by atoms with van der Waals surface area (Å²) in [5.41, 5.74) is 3.22. The van der Waals surface area contributed by atoms with E-state index in [4.69, 9.17) is 0 Å². The zero-order chi connectivity index (χ0) is 12.3. The quantitative estimate of drug-likeness (QED) is 0.759. The summed E-state index contributed by atoms with van der Waals surface area (Å²) in [6.45, 7) is 1.98. The monoisotopic (exact) mass is 232 g/mol. The van der Waals surface area contributed by atoms with E-state index in [1.54, 1.807) is 18.2 Å². The van der Waals surface area contributed by atoms with Gasteiger partial charge in [0.05, 0.1) is 0 Å². The van der Waals surface area contributed by atoms with E-state index in [1.807, 2.05) is 6.92 Å². The molecule has 0 unspecified atom stereocenters. The van der Waals surface area contributed by atoms with Gasteiger partial charge in [-0.3, -0.25) is 4.79 Å². The second-order valence-electron chi connectivity index (χ2n) is 4.72. The summed E-state index contributed by atoms with van der Waals surface area (Å²) in [5.74, 6) is 0.0118. The SMILES string of the molecule is Cc1ccc(F)cc1CC1=CC(=O)CCCC1. The summed E-state index contributed by atoms with van der Waals surface area (Å²) >= 11 is 0. The topological polar surface area (TPSA) is 17.1 Å². The Hall–Kier alpha value is -1.44. The summed E-state index contributed by atoms with van der Waals surface area (Å²) in [4.78, 5) is 11.5. The molecule has 1 nitrogen and oxygen atoms in total. The molecule has 0 heterocycles. The molecule has 1 aromatic rings. The minimum Gasteiger partial charge on any atom is -0.295 e. The van der Waals surface area contributed by atoms with E-state index in [-0.39, 0.29) is 11.6 Å². The first-order valence-corrected chi connectivity index (χ1v) is 6.12. The lowest BCUT2D eigenvalue weighted by Gasteiger charge is -2.08. The number of allylic oxidation sites excluding steroid dienone is 2. The fourth-order valence-corrected chi connectivity index (χ4v) is 2.24. The van der Waals surface area contributed by atoms with Crippen molar-refractivity contribution < 1.29 is 9.18 Å². The molecule has 0 aromatic heterocycles. The maximum Gasteiger partial charge on any atom is 0.155 e. The summed E-state index contributed by atoms with van der Waals surface area (Å²) in [7, 11) is 0. The minimum atomic E-state index is -0.203. The van der Waals surface area contributed by atoms with Gasteiger partial charge in [-0.2, -0.15) is 0 Å². The Bertz CT molecular complexity index is 460. The van der Waals surface area contributed by atoms with Crippen molar-refractivity contribution in [3.63, 3.8) is 0 Å². The molecule has 0 atom stereocenters. The van der Waals surface area contributed by atoms with E-state index in [0.717, 1.165) is 36.0 Å². The van der Waals surface area contributed by atoms with Crippen LogP contribution in [0.15, 0.2) is 29.8 Å². The number of aryl methyl sites for hydroxylation is 1. The van der Waals surface area contributed by atoms with Gasteiger partial charge in [0.1, 0.15) is 5.82 Å². The Labute approximate surface area is 101 Å². The van der Waals surface area contributed by atoms with Crippen molar-refractivity contribution in [1.82, 2.24) is 0 Å². The molecule has 0 aliphatic heterocycles. The van der Waals surface area contributed by atoms with Crippen molar-refractivity contribution in [1.29, 1.82) is 0 Å². The maximum atomic E-state index is 13.2. The Morgan fingerprint density at radius 2 is 2.00 bits per heavy atom. The van der Waals surface area contributed by atoms with Crippen molar-refractivity contribution >= 4 is 5.78 Å². The van der Waals surface area contributed by atoms with Crippen LogP contribution in [0.25, 0.3) is 0 Å². The van der Waals surface area contributed by atoms with Gasteiger partial charge in [0, 0.05) is 6.42 Å². The molecule has 90 valence electrons. The third kappa shape index (κ3) is 3.26. The molecule has 2 rings (SSSR count). The Balaban J connectivity index is 2.19. The molecule has 2 heteroatoms. The number of benzene rings is 1. The fourth-order valence-electron chi connectivity index (χ4n) is 2.24. The van der Waals surface area contributed by atoms with Crippen LogP contribution in [-0.4, -0.2) is 5.78 Å². The zero-order valence-electron chi connectivity index (χ0n) is 10.1. The standard InChI is InChI=1S/C15H17FO/c1-11-6-7-14(16)10-13(11)8-12-4-2-3-5-15(17)9-12/h6-7,9-10H,2-5,8H2,1H3. The summed E-state index contributed by atoms with van der Waals surface area (Å²) < 4.78 is 13.2. The number of halogens is 1. The highest BCUT2D eigenvalue weighted by atomic mass is 19.1. The van der Waals surface area contributed by atoms with E-state index in [0.29, 0.717) is 12.8 Å². The van der Waals surface area contributed by atoms with E-state index in [1.165, 1.54) is 6.07 Å². The summed E-state index contributed by atoms with van der Waals surface area (Å²) in [5, 5.41) is 0. The highest BCUT2D eigenvalue weighted by Crippen LogP contribution is 2.21. The van der Waals surface area contributed by atoms with Gasteiger partial charge in [0.25, 0.3) is 0 Å². The molecule has 0 radical (unpaired) electrons. The molecule has 1 aromatic carbocycles. The van der Waals surface area contributed by atoms with Crippen molar-refractivity contribution in [3.8, 4) is 0 Å². The van der Waals surface area contributed by atoms with Gasteiger partial charge in [-0.15, -0.1) is 0 Å². The van der Waals surface area contributed by atoms with Gasteiger partial charge in [-0.05, 0) is 61.9 Å². The van der Waals surface area contributed by atoms with Crippen LogP contribution in [0.5, 0.6) is 0 Å². The Kier molecular flexibility index (Phi) is 3.72. The van der Waals surface area contributed by atoms with Crippen molar-refractivity contribution in [2.45, 2.75) is 39.0 Å². The minimum absolute atomic E-state index is 0.203. The van der Waals surface area contributed by atoms with Crippen molar-refractivity contribution in [2.75, 3.05) is 0 Å². The molecule has 0 amide bonds. The van der Waals surface area contributed by atoms with Crippen LogP contribution in [0.1, 0.15) is 36.8 Å². The highest BCUT2D eigenvalue weighted by molar-refractivity contribution is 5.90. The highest BCUT2D eigenvalue weighted by Gasteiger charge is 2.10. The first kappa shape index (κ1) is 12.0. The van der Waals surface area contributed by atoms with Crippen LogP contribution in [0.4, 0.5) is 4.39 Å². The van der Waals surface area contributed by atoms with Gasteiger partial charge in [0.2, 0.25) is 0 Å². The predicted molar refractivity (Wildman–Crippen MR) is 66.4 cm³/mol. The average Bonchev–Trinajstić information content (AvgIpc) is 2.48. The smallest absolute Gasteiger partial charge is 0.155 e. The lowest BCUT2D eigenvalue weighted by molar-refractivity contribution is -0.114. The zero-order valence-corrected chi connectivity index (χ0v) is 10.1. The number of ketones is 1. The van der Waals surface area contributed by atoms with Crippen molar-refractivity contribution in [3.05, 3.63) is 46.8 Å². The van der Waals surface area contributed by atoms with E-state index in [2.05, 4.69) is 0 Å². The van der Waals surface area contributed by atoms with Gasteiger partial charge in [-0.25, -0.2) is 4.39 Å². The fraction of sp³-hybridized carbons (Fsp3) is 0.400. The normalized spacial score (nSPS) is 16.6. The molecule has 0 fully saturated rings. The molecule has 0 saturated heterocycles. The van der Waals surface area contributed by atoms with Gasteiger partial charge < -0.3 is 0 Å². The third-order valence-corrected chi connectivity index (χ3v) is 3.26. The van der Waals surface area contributed by atoms with Crippen LogP contribution in [0.3, 0.4) is 0 Å². The van der Waals surface area contributed by atoms with Crippen LogP contribution in [0.2, 0.25) is 0 Å². The number of hydrogen-bond acceptors (Lipinski definition) is 1. The third-order valence-electron chi connectivity index (χ3n) is 3.26. The molecule has 1 aliphatic rings. The van der Waals surface area contributed by atoms with E-state index < -0.39 is 0 Å². The molecule has 0 N–H and O–H groups in total. The van der Waals surface area contributed by atoms with Gasteiger partial charge in [-0.1, -0.05) is 11.6 Å². The largest absolute Gasteiger partial charge is 0.295 e. The second-order valence-corrected chi connectivity index (χ2v) is 4.72. The molecule has 17 heavy (non-hydrogen) atoms. The molecule has 1 aliphatic carbocycles. The molecule has 0 spiro atoms. The number of hydrogen-bond donors (Lipinski definition) is 0. The Morgan fingerprint density at radius 3 is 2.82 bits per heavy atom.